The number of benzene rings is 1. The minimum atomic E-state index is -1.34. The molecule has 180 valence electrons. The number of carbonyl (C=O) groups excluding carboxylic acids is 3. The van der Waals surface area contributed by atoms with Gasteiger partial charge in [-0.25, -0.2) is 4.79 Å². The molecule has 0 saturated carbocycles. The van der Waals surface area contributed by atoms with Gasteiger partial charge in [-0.3, -0.25) is 9.69 Å². The zero-order valence-corrected chi connectivity index (χ0v) is 19.1. The van der Waals surface area contributed by atoms with Crippen LogP contribution in [0.4, 0.5) is 0 Å². The molecular weight excluding hydrogens is 428 g/mol. The fraction of sp³-hybridized carbons (Fsp3) is 0.500. The summed E-state index contributed by atoms with van der Waals surface area (Å²) in [5, 5.41) is 26.0. The van der Waals surface area contributed by atoms with Gasteiger partial charge < -0.3 is 29.5 Å². The molecule has 0 bridgehead atoms. The molecule has 1 N–H and O–H groups in total. The second-order valence-corrected chi connectivity index (χ2v) is 8.04. The molecule has 33 heavy (non-hydrogen) atoms. The van der Waals surface area contributed by atoms with Gasteiger partial charge in [-0.05, 0) is 43.6 Å². The van der Waals surface area contributed by atoms with E-state index in [1.807, 2.05) is 19.2 Å². The van der Waals surface area contributed by atoms with E-state index < -0.39 is 30.2 Å². The number of carboxylic acid groups (broad SMARTS) is 2. The number of rotatable bonds is 15. The van der Waals surface area contributed by atoms with Crippen molar-refractivity contribution in [1.29, 1.82) is 0 Å². The van der Waals surface area contributed by atoms with Gasteiger partial charge in [-0.1, -0.05) is 31.9 Å². The predicted octanol–water partition coefficient (Wildman–Crippen LogP) is -0.235. The highest BCUT2D eigenvalue weighted by molar-refractivity contribution is 5.88. The molecule has 1 atom stereocenters. The van der Waals surface area contributed by atoms with Crippen LogP contribution in [0.25, 0.3) is 11.0 Å². The summed E-state index contributed by atoms with van der Waals surface area (Å²) in [7, 11) is 1.82. The van der Waals surface area contributed by atoms with Crippen molar-refractivity contribution in [3.63, 3.8) is 0 Å². The van der Waals surface area contributed by atoms with Crippen molar-refractivity contribution < 1.29 is 29.0 Å². The van der Waals surface area contributed by atoms with E-state index in [-0.39, 0.29) is 25.2 Å². The summed E-state index contributed by atoms with van der Waals surface area (Å²) in [4.78, 5) is 47.9. The summed E-state index contributed by atoms with van der Waals surface area (Å²) in [5.41, 5.74) is 1.54. The van der Waals surface area contributed by atoms with Crippen LogP contribution in [0.2, 0.25) is 0 Å². The van der Waals surface area contributed by atoms with E-state index in [4.69, 9.17) is 4.42 Å². The van der Waals surface area contributed by atoms with E-state index in [9.17, 15) is 29.4 Å². The molecule has 0 radical (unpaired) electrons. The lowest BCUT2D eigenvalue weighted by Gasteiger charge is -2.31. The maximum atomic E-state index is 12.5. The van der Waals surface area contributed by atoms with Crippen LogP contribution in [-0.4, -0.2) is 48.8 Å². The lowest BCUT2D eigenvalue weighted by atomic mass is 9.99. The summed E-state index contributed by atoms with van der Waals surface area (Å²) < 4.78 is 5.29. The molecule has 0 saturated heterocycles. The van der Waals surface area contributed by atoms with Gasteiger partial charge in [-0.2, -0.15) is 0 Å². The third kappa shape index (κ3) is 8.11. The summed E-state index contributed by atoms with van der Waals surface area (Å²) in [6, 6.07) is 5.89. The van der Waals surface area contributed by atoms with Crippen LogP contribution in [0.5, 0.6) is 0 Å². The third-order valence-corrected chi connectivity index (χ3v) is 5.55. The number of carbonyl (C=O) groups is 3. The van der Waals surface area contributed by atoms with Crippen molar-refractivity contribution >= 4 is 28.7 Å². The average molecular weight is 459 g/mol. The molecule has 9 heteroatoms. The third-order valence-electron chi connectivity index (χ3n) is 5.55. The van der Waals surface area contributed by atoms with Gasteiger partial charge in [0.1, 0.15) is 11.4 Å². The number of hydrogen-bond donors (Lipinski definition) is 1. The maximum absolute atomic E-state index is 12.5. The standard InChI is InChI=1S/C24H32N2O7/c1-3-26(15-22(28)29)20(24(31)32)8-6-4-5-7-18(27)12-17-13-23(30)33-21-11-16(14-25-2)9-10-19(17)21/h9-11,13,20,25H,3-8,12,14-15H2,1-2H3,(H,28,29)(H,31,32)/p-2. The first-order chi connectivity index (χ1) is 15.7. The van der Waals surface area contributed by atoms with E-state index in [0.717, 1.165) is 10.9 Å². The fourth-order valence-electron chi connectivity index (χ4n) is 3.93. The lowest BCUT2D eigenvalue weighted by molar-refractivity contribution is -0.315. The van der Waals surface area contributed by atoms with Crippen LogP contribution in [0, 0.1) is 0 Å². The summed E-state index contributed by atoms with van der Waals surface area (Å²) in [6.45, 7) is 2.08. The highest BCUT2D eigenvalue weighted by Gasteiger charge is 2.18. The molecular formula is C24H30N2O7-2. The van der Waals surface area contributed by atoms with Crippen molar-refractivity contribution in [2.24, 2.45) is 0 Å². The van der Waals surface area contributed by atoms with Gasteiger partial charge in [0.05, 0.1) is 11.9 Å². The Labute approximate surface area is 192 Å². The van der Waals surface area contributed by atoms with Crippen molar-refractivity contribution in [2.75, 3.05) is 20.1 Å². The molecule has 1 aromatic heterocycles. The molecule has 0 aliphatic rings. The van der Waals surface area contributed by atoms with Crippen LogP contribution in [-0.2, 0) is 27.3 Å². The summed E-state index contributed by atoms with van der Waals surface area (Å²) >= 11 is 0. The molecule has 0 aliphatic carbocycles. The topological polar surface area (TPSA) is 143 Å². The molecule has 0 amide bonds. The highest BCUT2D eigenvalue weighted by Crippen LogP contribution is 2.20. The lowest BCUT2D eigenvalue weighted by Crippen LogP contribution is -2.51. The monoisotopic (exact) mass is 458 g/mol. The second kappa shape index (κ2) is 12.9. The molecule has 1 unspecified atom stereocenters. The van der Waals surface area contributed by atoms with Gasteiger partial charge in [0.15, 0.2) is 0 Å². The molecule has 0 aliphatic heterocycles. The molecule has 1 aromatic carbocycles. The van der Waals surface area contributed by atoms with E-state index in [0.29, 0.717) is 43.4 Å². The maximum Gasteiger partial charge on any atom is 0.336 e. The smallest absolute Gasteiger partial charge is 0.336 e. The molecule has 9 nitrogen and oxygen atoms in total. The predicted molar refractivity (Wildman–Crippen MR) is 118 cm³/mol. The van der Waals surface area contributed by atoms with Crippen molar-refractivity contribution in [3.8, 4) is 0 Å². The number of likely N-dealkylation sites (N-methyl/N-ethyl adjacent to an activating group) is 1. The molecule has 0 fully saturated rings. The molecule has 0 spiro atoms. The first-order valence-corrected chi connectivity index (χ1v) is 11.1. The molecule has 2 rings (SSSR count). The van der Waals surface area contributed by atoms with Gasteiger partial charge in [-0.15, -0.1) is 0 Å². The molecule has 1 heterocycles. The second-order valence-electron chi connectivity index (χ2n) is 8.04. The number of carboxylic acids is 2. The van der Waals surface area contributed by atoms with Crippen LogP contribution >= 0.6 is 0 Å². The van der Waals surface area contributed by atoms with Crippen LogP contribution in [0.1, 0.15) is 50.2 Å². The highest BCUT2D eigenvalue weighted by atomic mass is 16.4. The SMILES string of the molecule is CCN(CC(=O)[O-])C(CCCCCC(=O)Cc1cc(=O)oc2cc(CNC)ccc12)C(=O)[O-]. The first-order valence-electron chi connectivity index (χ1n) is 11.1. The zero-order chi connectivity index (χ0) is 24.4. The van der Waals surface area contributed by atoms with Crippen molar-refractivity contribution in [2.45, 2.75) is 58.0 Å². The number of hydrogen-bond acceptors (Lipinski definition) is 9. The van der Waals surface area contributed by atoms with Crippen LogP contribution in [0.15, 0.2) is 33.5 Å². The number of aliphatic carboxylic acids is 2. The minimum absolute atomic E-state index is 0.0233. The van der Waals surface area contributed by atoms with E-state index in [2.05, 4.69) is 5.32 Å². The number of unbranched alkanes of at least 4 members (excludes halogenated alkanes) is 2. The average Bonchev–Trinajstić information content (AvgIpc) is 2.74. The van der Waals surface area contributed by atoms with Gasteiger partial charge in [0.25, 0.3) is 0 Å². The minimum Gasteiger partial charge on any atom is -0.549 e. The normalized spacial score (nSPS) is 12.2. The van der Waals surface area contributed by atoms with Crippen LogP contribution in [0.3, 0.4) is 0 Å². The summed E-state index contributed by atoms with van der Waals surface area (Å²) in [6.07, 6.45) is 2.34. The number of nitrogens with zero attached hydrogens (tertiary/aromatic N) is 1. The quantitative estimate of drug-likeness (QED) is 0.283. The van der Waals surface area contributed by atoms with Gasteiger partial charge in [0.2, 0.25) is 0 Å². The van der Waals surface area contributed by atoms with Crippen LogP contribution < -0.4 is 21.2 Å². The first kappa shape index (κ1) is 26.2. The van der Waals surface area contributed by atoms with E-state index in [1.54, 1.807) is 13.0 Å². The van der Waals surface area contributed by atoms with Gasteiger partial charge in [0, 0.05) is 43.4 Å². The Balaban J connectivity index is 1.89. The number of fused-ring (bicyclic) bond motifs is 1. The van der Waals surface area contributed by atoms with Gasteiger partial charge >= 0.3 is 5.63 Å². The Hall–Kier alpha value is -3.04. The Kier molecular flexibility index (Phi) is 10.2. The largest absolute Gasteiger partial charge is 0.549 e. The molecule has 2 aromatic rings. The fourth-order valence-corrected chi connectivity index (χ4v) is 3.93. The van der Waals surface area contributed by atoms with Crippen molar-refractivity contribution in [3.05, 3.63) is 45.8 Å². The number of Topliss-reactive ketones (excluding diaryl/α,β-unsaturated/α-hetero) is 1. The Morgan fingerprint density at radius 2 is 1.88 bits per heavy atom. The Morgan fingerprint density at radius 1 is 1.12 bits per heavy atom. The zero-order valence-electron chi connectivity index (χ0n) is 19.1. The summed E-state index contributed by atoms with van der Waals surface area (Å²) in [5.74, 6) is -2.68. The van der Waals surface area contributed by atoms with E-state index in [1.165, 1.54) is 11.0 Å². The van der Waals surface area contributed by atoms with E-state index >= 15 is 0 Å². The number of nitrogens with one attached hydrogen (secondary N) is 1. The number of ketones is 1. The Bertz CT molecular complexity index is 1030. The van der Waals surface area contributed by atoms with Crippen molar-refractivity contribution in [1.82, 2.24) is 10.2 Å². The Morgan fingerprint density at radius 3 is 2.52 bits per heavy atom.